The minimum atomic E-state index is -0.332. The fourth-order valence-electron chi connectivity index (χ4n) is 4.56. The highest BCUT2D eigenvalue weighted by atomic mass is 19.1. The van der Waals surface area contributed by atoms with E-state index in [2.05, 4.69) is 0 Å². The van der Waals surface area contributed by atoms with Crippen LogP contribution in [0.2, 0.25) is 0 Å². The van der Waals surface area contributed by atoms with Crippen molar-refractivity contribution in [2.45, 2.75) is 39.7 Å². The maximum absolute atomic E-state index is 13.3. The summed E-state index contributed by atoms with van der Waals surface area (Å²) in [5, 5.41) is 10.8. The summed E-state index contributed by atoms with van der Waals surface area (Å²) in [6.45, 7) is 6.36. The molecule has 0 unspecified atom stereocenters. The number of rotatable bonds is 4. The van der Waals surface area contributed by atoms with Crippen LogP contribution >= 0.6 is 0 Å². The first kappa shape index (κ1) is 19.6. The van der Waals surface area contributed by atoms with Crippen LogP contribution < -0.4 is 4.74 Å². The van der Waals surface area contributed by atoms with E-state index in [1.807, 2.05) is 32.9 Å². The molecule has 0 radical (unpaired) electrons. The number of carbonyl (C=O) groups excluding carboxylic acids is 1. The van der Waals surface area contributed by atoms with Crippen LogP contribution in [0.4, 0.5) is 4.39 Å². The summed E-state index contributed by atoms with van der Waals surface area (Å²) in [6, 6.07) is 9.49. The minimum Gasteiger partial charge on any atom is -0.511 e. The fourth-order valence-corrected chi connectivity index (χ4v) is 4.56. The van der Waals surface area contributed by atoms with Gasteiger partial charge in [-0.25, -0.2) is 4.39 Å². The molecule has 1 N–H and O–H groups in total. The number of hydrogen-bond donors (Lipinski definition) is 1. The van der Waals surface area contributed by atoms with Crippen LogP contribution in [0.15, 0.2) is 42.2 Å². The van der Waals surface area contributed by atoms with Crippen LogP contribution in [-0.2, 0) is 9.53 Å². The molecule has 2 aliphatic rings. The minimum absolute atomic E-state index is 0.0414. The average Bonchev–Trinajstić information content (AvgIpc) is 3.26. The fraction of sp³-hybridized carbons (Fsp3) is 0.375. The molecule has 0 spiro atoms. The number of halogens is 1. The van der Waals surface area contributed by atoms with Gasteiger partial charge in [-0.3, -0.25) is 4.79 Å². The molecular weight excluding hydrogens is 371 g/mol. The van der Waals surface area contributed by atoms with Gasteiger partial charge in [-0.15, -0.1) is 0 Å². The molecule has 1 heterocycles. The summed E-state index contributed by atoms with van der Waals surface area (Å²) < 4.78 is 24.7. The smallest absolute Gasteiger partial charge is 0.173 e. The Morgan fingerprint density at radius 3 is 2.34 bits per heavy atom. The van der Waals surface area contributed by atoms with Crippen molar-refractivity contribution in [3.05, 3.63) is 64.7 Å². The van der Waals surface area contributed by atoms with Crippen molar-refractivity contribution in [3.8, 4) is 11.5 Å². The first-order valence-electron chi connectivity index (χ1n) is 10.0. The Balaban J connectivity index is 1.66. The van der Waals surface area contributed by atoms with Gasteiger partial charge >= 0.3 is 0 Å². The van der Waals surface area contributed by atoms with Gasteiger partial charge in [-0.05, 0) is 79.8 Å². The van der Waals surface area contributed by atoms with Gasteiger partial charge in [0.05, 0.1) is 17.6 Å². The van der Waals surface area contributed by atoms with Gasteiger partial charge in [0, 0.05) is 12.5 Å². The molecular formula is C24H25FO4. The molecule has 1 saturated heterocycles. The standard InChI is InChI=1S/C24H25FO4/c1-13-11-18(29-17-8-6-16(25)7-9-17)12-14(2)20(13)22-23(26)15(3)21(24(22)27)19-5-4-10-28-19/h6-9,11-12,15,19,21,26H,4-5,10H2,1-3H3/t15-,19+,21-/m0/s1. The molecule has 4 rings (SSSR count). The van der Waals surface area contributed by atoms with E-state index < -0.39 is 0 Å². The Morgan fingerprint density at radius 1 is 1.10 bits per heavy atom. The first-order valence-corrected chi connectivity index (χ1v) is 10.0. The third-order valence-electron chi connectivity index (χ3n) is 5.95. The summed E-state index contributed by atoms with van der Waals surface area (Å²) in [5.74, 6) is 0.330. The number of hydrogen-bond acceptors (Lipinski definition) is 4. The molecule has 2 aromatic rings. The predicted molar refractivity (Wildman–Crippen MR) is 109 cm³/mol. The van der Waals surface area contributed by atoms with Crippen LogP contribution in [0, 0.1) is 31.5 Å². The second-order valence-corrected chi connectivity index (χ2v) is 7.98. The van der Waals surface area contributed by atoms with Crippen molar-refractivity contribution in [3.63, 3.8) is 0 Å². The summed E-state index contributed by atoms with van der Waals surface area (Å²) in [5.41, 5.74) is 2.85. The first-order chi connectivity index (χ1) is 13.9. The van der Waals surface area contributed by atoms with E-state index in [-0.39, 0.29) is 35.3 Å². The van der Waals surface area contributed by atoms with Gasteiger partial charge in [-0.1, -0.05) is 6.92 Å². The molecule has 1 aliphatic heterocycles. The zero-order valence-electron chi connectivity index (χ0n) is 16.9. The van der Waals surface area contributed by atoms with Gasteiger partial charge in [0.15, 0.2) is 5.78 Å². The molecule has 0 aromatic heterocycles. The monoisotopic (exact) mass is 396 g/mol. The van der Waals surface area contributed by atoms with E-state index in [1.165, 1.54) is 12.1 Å². The lowest BCUT2D eigenvalue weighted by atomic mass is 9.86. The molecule has 2 aromatic carbocycles. The van der Waals surface area contributed by atoms with Crippen LogP contribution in [0.3, 0.4) is 0 Å². The van der Waals surface area contributed by atoms with Crippen LogP contribution in [-0.4, -0.2) is 23.6 Å². The number of aliphatic hydroxyl groups excluding tert-OH is 1. The van der Waals surface area contributed by atoms with Gasteiger partial charge in [0.25, 0.3) is 0 Å². The van der Waals surface area contributed by atoms with Gasteiger partial charge in [-0.2, -0.15) is 0 Å². The number of aryl methyl sites for hydroxylation is 2. The lowest BCUT2D eigenvalue weighted by Gasteiger charge is -2.21. The molecule has 152 valence electrons. The summed E-state index contributed by atoms with van der Waals surface area (Å²) in [6.07, 6.45) is 1.67. The highest BCUT2D eigenvalue weighted by molar-refractivity contribution is 6.25. The van der Waals surface area contributed by atoms with Crippen LogP contribution in [0.25, 0.3) is 5.57 Å². The molecule has 5 heteroatoms. The number of allylic oxidation sites excluding steroid dienone is 2. The van der Waals surface area contributed by atoms with Crippen molar-refractivity contribution < 1.29 is 23.8 Å². The predicted octanol–water partition coefficient (Wildman–Crippen LogP) is 5.52. The van der Waals surface area contributed by atoms with Crippen LogP contribution in [0.1, 0.15) is 36.5 Å². The van der Waals surface area contributed by atoms with E-state index in [4.69, 9.17) is 9.47 Å². The second kappa shape index (κ2) is 7.64. The molecule has 1 aliphatic carbocycles. The third-order valence-corrected chi connectivity index (χ3v) is 5.95. The molecule has 1 fully saturated rings. The molecule has 0 bridgehead atoms. The lowest BCUT2D eigenvalue weighted by Crippen LogP contribution is -2.29. The van der Waals surface area contributed by atoms with Crippen LogP contribution in [0.5, 0.6) is 11.5 Å². The van der Waals surface area contributed by atoms with Crippen molar-refractivity contribution in [2.24, 2.45) is 11.8 Å². The number of aliphatic hydroxyl groups is 1. The van der Waals surface area contributed by atoms with E-state index in [1.54, 1.807) is 12.1 Å². The quantitative estimate of drug-likeness (QED) is 0.740. The zero-order chi connectivity index (χ0) is 20.7. The molecule has 3 atom stereocenters. The number of Topliss-reactive ketones (excluding diaryl/α,β-unsaturated/α-hetero) is 1. The largest absolute Gasteiger partial charge is 0.511 e. The second-order valence-electron chi connectivity index (χ2n) is 7.98. The van der Waals surface area contributed by atoms with Crippen molar-refractivity contribution in [2.75, 3.05) is 6.61 Å². The Morgan fingerprint density at radius 2 is 1.76 bits per heavy atom. The van der Waals surface area contributed by atoms with Gasteiger partial charge < -0.3 is 14.6 Å². The van der Waals surface area contributed by atoms with E-state index in [9.17, 15) is 14.3 Å². The van der Waals surface area contributed by atoms with E-state index >= 15 is 0 Å². The van der Waals surface area contributed by atoms with E-state index in [0.29, 0.717) is 23.7 Å². The average molecular weight is 396 g/mol. The Bertz CT molecular complexity index is 948. The number of benzene rings is 2. The highest BCUT2D eigenvalue weighted by Crippen LogP contribution is 2.44. The normalized spacial score (nSPS) is 24.4. The highest BCUT2D eigenvalue weighted by Gasteiger charge is 2.46. The third kappa shape index (κ3) is 3.55. The topological polar surface area (TPSA) is 55.8 Å². The number of carbonyl (C=O) groups is 1. The summed E-state index contributed by atoms with van der Waals surface area (Å²) >= 11 is 0. The Kier molecular flexibility index (Phi) is 5.17. The Labute approximate surface area is 170 Å². The Hall–Kier alpha value is -2.66. The molecule has 4 nitrogen and oxygen atoms in total. The van der Waals surface area contributed by atoms with Crippen molar-refractivity contribution in [1.29, 1.82) is 0 Å². The van der Waals surface area contributed by atoms with Gasteiger partial charge in [0.1, 0.15) is 23.1 Å². The number of ketones is 1. The zero-order valence-corrected chi connectivity index (χ0v) is 16.9. The van der Waals surface area contributed by atoms with E-state index in [0.717, 1.165) is 29.5 Å². The maximum atomic E-state index is 13.3. The van der Waals surface area contributed by atoms with Crippen molar-refractivity contribution >= 4 is 11.4 Å². The van der Waals surface area contributed by atoms with Gasteiger partial charge in [0.2, 0.25) is 0 Å². The SMILES string of the molecule is Cc1cc(Oc2ccc(F)cc2)cc(C)c1C1=C(O)[C@@H](C)[C@@H]([C@H]2CCCO2)C1=O. The number of ether oxygens (including phenoxy) is 2. The molecule has 0 saturated carbocycles. The van der Waals surface area contributed by atoms with Crippen molar-refractivity contribution in [1.82, 2.24) is 0 Å². The summed E-state index contributed by atoms with van der Waals surface area (Å²) in [4.78, 5) is 13.3. The lowest BCUT2D eigenvalue weighted by molar-refractivity contribution is -0.121. The summed E-state index contributed by atoms with van der Waals surface area (Å²) in [7, 11) is 0. The molecule has 0 amide bonds. The molecule has 29 heavy (non-hydrogen) atoms. The maximum Gasteiger partial charge on any atom is 0.173 e.